The van der Waals surface area contributed by atoms with Crippen molar-refractivity contribution in [3.8, 4) is 0 Å². The summed E-state index contributed by atoms with van der Waals surface area (Å²) in [6.45, 7) is 2.01. The Morgan fingerprint density at radius 2 is 2.18 bits per heavy atom. The monoisotopic (exact) mass is 158 g/mol. The van der Waals surface area contributed by atoms with Crippen LogP contribution in [0, 0.1) is 0 Å². The van der Waals surface area contributed by atoms with E-state index < -0.39 is 11.9 Å². The average Bonchev–Trinajstić information content (AvgIpc) is 1.87. The number of carbonyl (C=O) groups is 2. The predicted octanol–water partition coefficient (Wildman–Crippen LogP) is 0.580. The van der Waals surface area contributed by atoms with Gasteiger partial charge in [-0.25, -0.2) is 4.79 Å². The number of hydrogen-bond acceptors (Lipinski definition) is 3. The quantitative estimate of drug-likeness (QED) is 0.480. The second-order valence-corrected chi connectivity index (χ2v) is 1.75. The van der Waals surface area contributed by atoms with Crippen molar-refractivity contribution < 1.29 is 19.4 Å². The van der Waals surface area contributed by atoms with Crippen LogP contribution >= 0.6 is 0 Å². The molecule has 0 rings (SSSR count). The first-order chi connectivity index (χ1) is 5.16. The van der Waals surface area contributed by atoms with Crippen molar-refractivity contribution in [2.45, 2.75) is 13.3 Å². The van der Waals surface area contributed by atoms with Gasteiger partial charge < -0.3 is 9.84 Å². The van der Waals surface area contributed by atoms with Crippen molar-refractivity contribution in [1.82, 2.24) is 0 Å². The van der Waals surface area contributed by atoms with E-state index in [2.05, 4.69) is 4.74 Å². The molecular formula is C7H10O4. The van der Waals surface area contributed by atoms with Crippen LogP contribution < -0.4 is 0 Å². The standard InChI is InChI=1S/C7H10O4/c1-2-11-7(10)5-3-4-6(8)9/h3-4H,2,5H2,1H3,(H,8,9)/b4-3+. The molecule has 4 nitrogen and oxygen atoms in total. The van der Waals surface area contributed by atoms with E-state index in [9.17, 15) is 9.59 Å². The van der Waals surface area contributed by atoms with E-state index in [1.165, 1.54) is 6.08 Å². The summed E-state index contributed by atoms with van der Waals surface area (Å²) in [5.41, 5.74) is 0. The lowest BCUT2D eigenvalue weighted by Crippen LogP contribution is -2.01. The second-order valence-electron chi connectivity index (χ2n) is 1.75. The van der Waals surface area contributed by atoms with Crippen molar-refractivity contribution in [1.29, 1.82) is 0 Å². The zero-order valence-corrected chi connectivity index (χ0v) is 6.24. The third kappa shape index (κ3) is 6.57. The maximum Gasteiger partial charge on any atom is 0.327 e. The van der Waals surface area contributed by atoms with Crippen molar-refractivity contribution in [3.05, 3.63) is 12.2 Å². The Hall–Kier alpha value is -1.32. The van der Waals surface area contributed by atoms with Gasteiger partial charge in [0.1, 0.15) is 0 Å². The van der Waals surface area contributed by atoms with Crippen molar-refractivity contribution in [3.63, 3.8) is 0 Å². The van der Waals surface area contributed by atoms with Crippen LogP contribution in [0.1, 0.15) is 13.3 Å². The molecule has 0 aromatic carbocycles. The summed E-state index contributed by atoms with van der Waals surface area (Å²) in [7, 11) is 0. The Labute approximate surface area is 64.5 Å². The van der Waals surface area contributed by atoms with Gasteiger partial charge in [-0.05, 0) is 6.92 Å². The molecule has 0 unspecified atom stereocenters. The molecule has 0 heterocycles. The summed E-state index contributed by atoms with van der Waals surface area (Å²) in [5, 5.41) is 8.12. The van der Waals surface area contributed by atoms with Gasteiger partial charge in [0, 0.05) is 6.08 Å². The maximum atomic E-state index is 10.6. The molecule has 0 saturated heterocycles. The summed E-state index contributed by atoms with van der Waals surface area (Å²) >= 11 is 0. The van der Waals surface area contributed by atoms with Crippen LogP contribution in [0.25, 0.3) is 0 Å². The fourth-order valence-corrected chi connectivity index (χ4v) is 0.476. The highest BCUT2D eigenvalue weighted by atomic mass is 16.5. The number of ether oxygens (including phenoxy) is 1. The first-order valence-electron chi connectivity index (χ1n) is 3.22. The zero-order chi connectivity index (χ0) is 8.69. The van der Waals surface area contributed by atoms with Gasteiger partial charge in [0.15, 0.2) is 0 Å². The van der Waals surface area contributed by atoms with Crippen molar-refractivity contribution >= 4 is 11.9 Å². The Morgan fingerprint density at radius 3 is 2.64 bits per heavy atom. The van der Waals surface area contributed by atoms with E-state index >= 15 is 0 Å². The number of carbonyl (C=O) groups excluding carboxylic acids is 1. The largest absolute Gasteiger partial charge is 0.478 e. The highest BCUT2D eigenvalue weighted by Crippen LogP contribution is 1.87. The number of rotatable bonds is 4. The molecule has 0 spiro atoms. The molecule has 1 N–H and O–H groups in total. The van der Waals surface area contributed by atoms with Crippen LogP contribution in [0.4, 0.5) is 0 Å². The lowest BCUT2D eigenvalue weighted by molar-refractivity contribution is -0.142. The SMILES string of the molecule is CCOC(=O)C/C=C/C(=O)O. The summed E-state index contributed by atoms with van der Waals surface area (Å²) in [6, 6.07) is 0. The smallest absolute Gasteiger partial charge is 0.327 e. The second kappa shape index (κ2) is 5.46. The third-order valence-electron chi connectivity index (χ3n) is 0.850. The number of carboxylic acids is 1. The van der Waals surface area contributed by atoms with Gasteiger partial charge in [-0.15, -0.1) is 0 Å². The van der Waals surface area contributed by atoms with Crippen LogP contribution in [-0.2, 0) is 14.3 Å². The first-order valence-corrected chi connectivity index (χ1v) is 3.22. The highest BCUT2D eigenvalue weighted by Gasteiger charge is 1.96. The summed E-state index contributed by atoms with van der Waals surface area (Å²) < 4.78 is 4.54. The Morgan fingerprint density at radius 1 is 1.55 bits per heavy atom. The Balaban J connectivity index is 3.53. The maximum absolute atomic E-state index is 10.6. The van der Waals surface area contributed by atoms with Gasteiger partial charge in [0.25, 0.3) is 0 Å². The minimum Gasteiger partial charge on any atom is -0.478 e. The van der Waals surface area contributed by atoms with Crippen LogP contribution in [0.3, 0.4) is 0 Å². The Kier molecular flexibility index (Phi) is 4.81. The molecule has 0 saturated carbocycles. The normalized spacial score (nSPS) is 9.91. The van der Waals surface area contributed by atoms with E-state index in [0.717, 1.165) is 6.08 Å². The molecule has 11 heavy (non-hydrogen) atoms. The zero-order valence-electron chi connectivity index (χ0n) is 6.24. The average molecular weight is 158 g/mol. The van der Waals surface area contributed by atoms with E-state index in [4.69, 9.17) is 5.11 Å². The molecule has 0 amide bonds. The van der Waals surface area contributed by atoms with Crippen LogP contribution in [0.2, 0.25) is 0 Å². The van der Waals surface area contributed by atoms with Crippen molar-refractivity contribution in [2.24, 2.45) is 0 Å². The summed E-state index contributed by atoms with van der Waals surface area (Å²) in [5.74, 6) is -1.47. The van der Waals surface area contributed by atoms with Gasteiger partial charge >= 0.3 is 11.9 Å². The minimum atomic E-state index is -1.06. The molecule has 0 atom stereocenters. The predicted molar refractivity (Wildman–Crippen MR) is 38.0 cm³/mol. The summed E-state index contributed by atoms with van der Waals surface area (Å²) in [6.07, 6.45) is 2.18. The van der Waals surface area contributed by atoms with Crippen LogP contribution in [-0.4, -0.2) is 23.7 Å². The molecular weight excluding hydrogens is 148 g/mol. The molecule has 4 heteroatoms. The lowest BCUT2D eigenvalue weighted by atomic mass is 10.4. The van der Waals surface area contributed by atoms with E-state index in [1.54, 1.807) is 6.92 Å². The topological polar surface area (TPSA) is 63.6 Å². The van der Waals surface area contributed by atoms with Crippen LogP contribution in [0.15, 0.2) is 12.2 Å². The molecule has 62 valence electrons. The van der Waals surface area contributed by atoms with E-state index in [1.807, 2.05) is 0 Å². The molecule has 0 aromatic rings. The first kappa shape index (κ1) is 9.68. The Bertz CT molecular complexity index is 171. The molecule has 0 radical (unpaired) electrons. The molecule has 0 bridgehead atoms. The third-order valence-corrected chi connectivity index (χ3v) is 0.850. The fourth-order valence-electron chi connectivity index (χ4n) is 0.476. The van der Waals surface area contributed by atoms with Gasteiger partial charge in [0.05, 0.1) is 13.0 Å². The molecule has 0 aliphatic heterocycles. The molecule has 0 aliphatic rings. The van der Waals surface area contributed by atoms with Crippen LogP contribution in [0.5, 0.6) is 0 Å². The fraction of sp³-hybridized carbons (Fsp3) is 0.429. The molecule has 0 aromatic heterocycles. The van der Waals surface area contributed by atoms with Gasteiger partial charge in [0.2, 0.25) is 0 Å². The number of hydrogen-bond donors (Lipinski definition) is 1. The van der Waals surface area contributed by atoms with Gasteiger partial charge in [-0.1, -0.05) is 6.08 Å². The van der Waals surface area contributed by atoms with E-state index in [0.29, 0.717) is 6.61 Å². The van der Waals surface area contributed by atoms with Gasteiger partial charge in [-0.3, -0.25) is 4.79 Å². The van der Waals surface area contributed by atoms with Crippen molar-refractivity contribution in [2.75, 3.05) is 6.61 Å². The molecule has 0 aliphatic carbocycles. The molecule has 0 fully saturated rings. The minimum absolute atomic E-state index is 0.0140. The number of aliphatic carboxylic acids is 1. The number of carboxylic acid groups (broad SMARTS) is 1. The number of esters is 1. The van der Waals surface area contributed by atoms with Gasteiger partial charge in [-0.2, -0.15) is 0 Å². The highest BCUT2D eigenvalue weighted by molar-refractivity contribution is 5.81. The lowest BCUT2D eigenvalue weighted by Gasteiger charge is -1.95. The van der Waals surface area contributed by atoms with E-state index in [-0.39, 0.29) is 6.42 Å². The summed E-state index contributed by atoms with van der Waals surface area (Å²) in [4.78, 5) is 20.5.